The zero-order chi connectivity index (χ0) is 22.9. The molecule has 0 atom stereocenters. The second-order valence-corrected chi connectivity index (χ2v) is 7.57. The van der Waals surface area contributed by atoms with Crippen molar-refractivity contribution in [2.75, 3.05) is 19.7 Å². The van der Waals surface area contributed by atoms with Gasteiger partial charge in [0.1, 0.15) is 6.54 Å². The molecule has 0 bridgehead atoms. The van der Waals surface area contributed by atoms with Gasteiger partial charge < -0.3 is 12.3 Å². The van der Waals surface area contributed by atoms with Gasteiger partial charge in [-0.3, -0.25) is 14.4 Å². The molecule has 6 nitrogen and oxygen atoms in total. The molecule has 0 aromatic rings. The van der Waals surface area contributed by atoms with Crippen LogP contribution >= 0.6 is 0 Å². The van der Waals surface area contributed by atoms with Crippen molar-refractivity contribution in [2.24, 2.45) is 5.73 Å². The Morgan fingerprint density at radius 2 is 1.35 bits per heavy atom. The van der Waals surface area contributed by atoms with Gasteiger partial charge in [-0.05, 0) is 39.0 Å². The van der Waals surface area contributed by atoms with Gasteiger partial charge in [0, 0.05) is 13.0 Å². The van der Waals surface area contributed by atoms with Crippen LogP contribution in [0.4, 0.5) is 0 Å². The number of allylic oxidation sites excluding steroid dienone is 2. The Morgan fingerprint density at radius 3 is 1.77 bits per heavy atom. The van der Waals surface area contributed by atoms with Crippen molar-refractivity contribution in [3.63, 3.8) is 0 Å². The molecule has 0 saturated heterocycles. The van der Waals surface area contributed by atoms with Gasteiger partial charge in [-0.2, -0.15) is 5.06 Å². The molecular weight excluding hydrogens is 403 g/mol. The molecule has 0 aliphatic heterocycles. The third-order valence-electron chi connectivity index (χ3n) is 4.66. The van der Waals surface area contributed by atoms with Crippen LogP contribution in [0.3, 0.4) is 0 Å². The van der Waals surface area contributed by atoms with Crippen LogP contribution in [0.25, 0.3) is 0 Å². The summed E-state index contributed by atoms with van der Waals surface area (Å²) in [6.45, 7) is 7.00. The summed E-state index contributed by atoms with van der Waals surface area (Å²) in [6, 6.07) is 0. The van der Waals surface area contributed by atoms with Gasteiger partial charge in [0.2, 0.25) is 5.91 Å². The van der Waals surface area contributed by atoms with Crippen LogP contribution in [0.2, 0.25) is 0 Å². The van der Waals surface area contributed by atoms with E-state index in [1.54, 1.807) is 0 Å². The average molecular weight is 453 g/mol. The monoisotopic (exact) mass is 452 g/mol. The number of carboxylic acid groups (broad SMARTS) is 1. The summed E-state index contributed by atoms with van der Waals surface area (Å²) < 4.78 is 0. The van der Waals surface area contributed by atoms with Crippen molar-refractivity contribution in [3.05, 3.63) is 12.2 Å². The van der Waals surface area contributed by atoms with Crippen LogP contribution in [-0.2, 0) is 14.4 Å². The Hall–Kier alpha value is -0.400. The first-order valence-electron chi connectivity index (χ1n) is 12.0. The predicted molar refractivity (Wildman–Crippen MR) is 126 cm³/mol. The number of hydrogen-bond acceptors (Lipinski definition) is 4. The van der Waals surface area contributed by atoms with E-state index >= 15 is 0 Å². The molecule has 0 unspecified atom stereocenters. The molecule has 0 spiro atoms. The number of primary amides is 1. The van der Waals surface area contributed by atoms with E-state index in [0.717, 1.165) is 12.8 Å². The number of nitrogens with zero attached hydrogens (tertiary/aromatic N) is 1. The first-order chi connectivity index (χ1) is 14.5. The van der Waals surface area contributed by atoms with Gasteiger partial charge in [-0.25, -0.2) is 0 Å². The number of carboxylic acids is 1. The molecule has 180 valence electrons. The summed E-state index contributed by atoms with van der Waals surface area (Å²) in [4.78, 5) is 25.6. The number of carbonyl (C=O) groups excluding carboxylic acids is 1. The fraction of sp³-hybridized carbons (Fsp3) is 0.833. The van der Waals surface area contributed by atoms with Crippen molar-refractivity contribution in [2.45, 2.75) is 111 Å². The van der Waals surface area contributed by atoms with Crippen LogP contribution in [0.15, 0.2) is 12.2 Å². The maximum Gasteiger partial charge on any atom is 1.00 e. The van der Waals surface area contributed by atoms with Crippen LogP contribution in [-0.4, -0.2) is 41.7 Å². The van der Waals surface area contributed by atoms with E-state index in [2.05, 4.69) is 19.1 Å². The topological polar surface area (TPSA) is 92.9 Å². The standard InChI is InChI=1S/C18H35NO.C6H13NO3.Na.H/c1-2-3-4-5-6-7-8-9-10-11-12-13-14-15-16-17-18(19)20;1-3-7(10-4-2)5-6(8)9;;/h9-10H,2-8,11-17H2,1H3,(H2,19,20);3-5H2,1-2H3,(H,8,9);;/q;;+1;-1/b10-9-;;;. The van der Waals surface area contributed by atoms with Crippen LogP contribution in [0.5, 0.6) is 0 Å². The number of unbranched alkanes of at least 4 members (excludes halogenated alkanes) is 11. The van der Waals surface area contributed by atoms with E-state index in [1.165, 1.54) is 75.7 Å². The number of carbonyl (C=O) groups is 2. The van der Waals surface area contributed by atoms with Crippen molar-refractivity contribution >= 4 is 11.9 Å². The number of hydroxylamine groups is 2. The number of nitrogens with two attached hydrogens (primary N) is 1. The molecule has 0 saturated carbocycles. The van der Waals surface area contributed by atoms with E-state index in [0.29, 0.717) is 19.6 Å². The molecule has 0 aliphatic rings. The van der Waals surface area contributed by atoms with E-state index in [9.17, 15) is 9.59 Å². The number of amides is 1. The molecule has 0 heterocycles. The van der Waals surface area contributed by atoms with Gasteiger partial charge in [0.15, 0.2) is 0 Å². The van der Waals surface area contributed by atoms with Crippen molar-refractivity contribution < 1.29 is 50.5 Å². The number of rotatable bonds is 20. The molecule has 0 fully saturated rings. The largest absolute Gasteiger partial charge is 1.00 e. The van der Waals surface area contributed by atoms with Gasteiger partial charge in [-0.1, -0.05) is 77.4 Å². The zero-order valence-corrected chi connectivity index (χ0v) is 22.9. The molecule has 0 radical (unpaired) electrons. The summed E-state index contributed by atoms with van der Waals surface area (Å²) in [5.74, 6) is -1.03. The zero-order valence-electron chi connectivity index (χ0n) is 21.9. The summed E-state index contributed by atoms with van der Waals surface area (Å²) in [7, 11) is 0. The van der Waals surface area contributed by atoms with Crippen LogP contribution in [0, 0.1) is 0 Å². The van der Waals surface area contributed by atoms with Gasteiger partial charge in [0.25, 0.3) is 0 Å². The van der Waals surface area contributed by atoms with Crippen molar-refractivity contribution in [1.29, 1.82) is 0 Å². The van der Waals surface area contributed by atoms with Crippen LogP contribution < -0.4 is 35.3 Å². The SMILES string of the molecule is CCCCCCCC/C=C\CCCCCCCC(N)=O.CCON(CC)CC(=O)O.[H-].[Na+]. The minimum atomic E-state index is -0.865. The van der Waals surface area contributed by atoms with Crippen molar-refractivity contribution in [3.8, 4) is 0 Å². The molecule has 0 aromatic heterocycles. The first kappa shape index (κ1) is 35.2. The number of hydrogen-bond donors (Lipinski definition) is 2. The average Bonchev–Trinajstić information content (AvgIpc) is 2.70. The normalized spacial score (nSPS) is 10.6. The Bertz CT molecular complexity index is 427. The summed E-state index contributed by atoms with van der Waals surface area (Å²) in [6.07, 6.45) is 21.9. The Kier molecular flexibility index (Phi) is 33.6. The molecule has 0 aromatic carbocycles. The summed E-state index contributed by atoms with van der Waals surface area (Å²) in [5.41, 5.74) is 5.10. The first-order valence-corrected chi connectivity index (χ1v) is 12.0. The molecule has 31 heavy (non-hydrogen) atoms. The fourth-order valence-corrected chi connectivity index (χ4v) is 2.95. The van der Waals surface area contributed by atoms with E-state index < -0.39 is 5.97 Å². The second kappa shape index (κ2) is 29.6. The minimum Gasteiger partial charge on any atom is -1.00 e. The quantitative estimate of drug-likeness (QED) is 0.128. The smallest absolute Gasteiger partial charge is 1.00 e. The molecule has 1 amide bonds. The second-order valence-electron chi connectivity index (χ2n) is 7.57. The summed E-state index contributed by atoms with van der Waals surface area (Å²) >= 11 is 0. The molecule has 3 N–H and O–H groups in total. The maximum absolute atomic E-state index is 10.5. The Morgan fingerprint density at radius 1 is 0.871 bits per heavy atom. The third-order valence-corrected chi connectivity index (χ3v) is 4.66. The number of likely N-dealkylation sites (N-methyl/N-ethyl adjacent to an activating group) is 1. The van der Waals surface area contributed by atoms with E-state index in [4.69, 9.17) is 15.7 Å². The molecule has 0 aliphatic carbocycles. The predicted octanol–water partition coefficient (Wildman–Crippen LogP) is 2.97. The van der Waals surface area contributed by atoms with Gasteiger partial charge >= 0.3 is 35.5 Å². The molecule has 0 rings (SSSR count). The third kappa shape index (κ3) is 34.4. The Labute approximate surface area is 215 Å². The van der Waals surface area contributed by atoms with Crippen molar-refractivity contribution in [1.82, 2.24) is 5.06 Å². The van der Waals surface area contributed by atoms with Crippen LogP contribution in [0.1, 0.15) is 112 Å². The Balaban J connectivity index is -0.000000279. The van der Waals surface area contributed by atoms with E-state index in [-0.39, 0.29) is 43.4 Å². The molecular formula is C24H49N2NaO4. The minimum absolute atomic E-state index is 0. The number of aliphatic carboxylic acids is 1. The van der Waals surface area contributed by atoms with Gasteiger partial charge in [-0.15, -0.1) is 0 Å². The van der Waals surface area contributed by atoms with Gasteiger partial charge in [0.05, 0.1) is 6.61 Å². The van der Waals surface area contributed by atoms with E-state index in [1.807, 2.05) is 13.8 Å². The summed E-state index contributed by atoms with van der Waals surface area (Å²) in [5, 5.41) is 9.73. The fourth-order valence-electron chi connectivity index (χ4n) is 2.95. The molecule has 7 heteroatoms. The maximum atomic E-state index is 10.5.